The minimum absolute atomic E-state index is 0.0300. The Bertz CT molecular complexity index is 440. The van der Waals surface area contributed by atoms with Crippen molar-refractivity contribution in [3.05, 3.63) is 29.3 Å². The molecule has 0 radical (unpaired) electrons. The van der Waals surface area contributed by atoms with E-state index in [1.54, 1.807) is 17.8 Å². The topological polar surface area (TPSA) is 33.0 Å². The van der Waals surface area contributed by atoms with Crippen molar-refractivity contribution < 1.29 is 17.9 Å². The summed E-state index contributed by atoms with van der Waals surface area (Å²) in [7, 11) is 0. The molecule has 0 heterocycles. The van der Waals surface area contributed by atoms with Crippen LogP contribution in [0.5, 0.6) is 5.75 Å². The molecule has 0 saturated heterocycles. The van der Waals surface area contributed by atoms with Crippen LogP contribution in [0.1, 0.15) is 18.1 Å². The molecule has 1 aromatic rings. The van der Waals surface area contributed by atoms with Gasteiger partial charge in [0.1, 0.15) is 5.75 Å². The molecule has 2 nitrogen and oxygen atoms in total. The monoisotopic (exact) mass is 275 g/mol. The predicted molar refractivity (Wildman–Crippen MR) is 64.7 cm³/mol. The van der Waals surface area contributed by atoms with Gasteiger partial charge in [0.15, 0.2) is 0 Å². The molecule has 0 saturated carbocycles. The fraction of sp³-hybridized carbons (Fsp3) is 0.417. The van der Waals surface area contributed by atoms with Crippen molar-refractivity contribution >= 4 is 11.8 Å². The number of benzene rings is 1. The molecule has 0 amide bonds. The molecule has 0 unspecified atom stereocenters. The molecule has 0 aliphatic rings. The van der Waals surface area contributed by atoms with Crippen LogP contribution < -0.4 is 4.74 Å². The fourth-order valence-electron chi connectivity index (χ4n) is 1.30. The SMILES string of the molecule is CCSCCOc1ccc(C#N)cc1C(F)(F)F. The quantitative estimate of drug-likeness (QED) is 0.768. The zero-order chi connectivity index (χ0) is 13.6. The van der Waals surface area contributed by atoms with Gasteiger partial charge < -0.3 is 4.74 Å². The Morgan fingerprint density at radius 3 is 2.67 bits per heavy atom. The summed E-state index contributed by atoms with van der Waals surface area (Å²) in [6, 6.07) is 5.00. The lowest BCUT2D eigenvalue weighted by molar-refractivity contribution is -0.138. The number of rotatable bonds is 5. The molecule has 1 rings (SSSR count). The first-order valence-corrected chi connectivity index (χ1v) is 6.46. The van der Waals surface area contributed by atoms with Crippen LogP contribution in [0, 0.1) is 11.3 Å². The number of ether oxygens (including phenoxy) is 1. The summed E-state index contributed by atoms with van der Waals surface area (Å²) in [6.45, 7) is 2.18. The largest absolute Gasteiger partial charge is 0.492 e. The van der Waals surface area contributed by atoms with Crippen LogP contribution in [-0.2, 0) is 6.18 Å². The second kappa shape index (κ2) is 6.55. The summed E-state index contributed by atoms with van der Waals surface area (Å²) in [5.41, 5.74) is -0.930. The van der Waals surface area contributed by atoms with Gasteiger partial charge in [0, 0.05) is 5.75 Å². The lowest BCUT2D eigenvalue weighted by Gasteiger charge is -2.14. The van der Waals surface area contributed by atoms with Crippen LogP contribution in [0.15, 0.2) is 18.2 Å². The maximum Gasteiger partial charge on any atom is 0.420 e. The van der Waals surface area contributed by atoms with E-state index in [9.17, 15) is 13.2 Å². The van der Waals surface area contributed by atoms with Gasteiger partial charge in [0.25, 0.3) is 0 Å². The smallest absolute Gasteiger partial charge is 0.420 e. The third kappa shape index (κ3) is 4.15. The van der Waals surface area contributed by atoms with Gasteiger partial charge in [-0.3, -0.25) is 0 Å². The first-order valence-electron chi connectivity index (χ1n) is 5.31. The summed E-state index contributed by atoms with van der Waals surface area (Å²) < 4.78 is 43.4. The van der Waals surface area contributed by atoms with Crippen LogP contribution in [0.2, 0.25) is 0 Å². The Morgan fingerprint density at radius 2 is 2.11 bits per heavy atom. The fourth-order valence-corrected chi connectivity index (χ4v) is 1.79. The number of nitriles is 1. The summed E-state index contributed by atoms with van der Waals surface area (Å²) >= 11 is 1.59. The van der Waals surface area contributed by atoms with Gasteiger partial charge in [-0.1, -0.05) is 6.92 Å². The average Bonchev–Trinajstić information content (AvgIpc) is 2.33. The number of hydrogen-bond donors (Lipinski definition) is 0. The molecule has 18 heavy (non-hydrogen) atoms. The molecule has 0 bridgehead atoms. The van der Waals surface area contributed by atoms with E-state index in [-0.39, 0.29) is 17.9 Å². The molecule has 0 aliphatic carbocycles. The molecule has 0 spiro atoms. The van der Waals surface area contributed by atoms with E-state index >= 15 is 0 Å². The first kappa shape index (κ1) is 14.7. The van der Waals surface area contributed by atoms with E-state index in [1.807, 2.05) is 6.92 Å². The highest BCUT2D eigenvalue weighted by Crippen LogP contribution is 2.36. The second-order valence-corrected chi connectivity index (χ2v) is 4.76. The molecule has 0 fully saturated rings. The van der Waals surface area contributed by atoms with Gasteiger partial charge >= 0.3 is 6.18 Å². The second-order valence-electron chi connectivity index (χ2n) is 3.37. The zero-order valence-electron chi connectivity index (χ0n) is 9.75. The number of alkyl halides is 3. The van der Waals surface area contributed by atoms with Crippen molar-refractivity contribution in [3.63, 3.8) is 0 Å². The maximum absolute atomic E-state index is 12.7. The Kier molecular flexibility index (Phi) is 5.35. The normalized spacial score (nSPS) is 11.1. The van der Waals surface area contributed by atoms with Crippen molar-refractivity contribution in [1.82, 2.24) is 0 Å². The van der Waals surface area contributed by atoms with Crippen molar-refractivity contribution in [2.45, 2.75) is 13.1 Å². The van der Waals surface area contributed by atoms with Gasteiger partial charge in [0.2, 0.25) is 0 Å². The van der Waals surface area contributed by atoms with Gasteiger partial charge in [-0.25, -0.2) is 0 Å². The molecule has 0 N–H and O–H groups in total. The van der Waals surface area contributed by atoms with Crippen molar-refractivity contribution in [2.75, 3.05) is 18.1 Å². The van der Waals surface area contributed by atoms with Crippen LogP contribution in [-0.4, -0.2) is 18.1 Å². The van der Waals surface area contributed by atoms with Crippen LogP contribution in [0.4, 0.5) is 13.2 Å². The van der Waals surface area contributed by atoms with Crippen LogP contribution >= 0.6 is 11.8 Å². The van der Waals surface area contributed by atoms with E-state index in [0.717, 1.165) is 11.8 Å². The lowest BCUT2D eigenvalue weighted by Crippen LogP contribution is -2.10. The van der Waals surface area contributed by atoms with Gasteiger partial charge in [-0.05, 0) is 24.0 Å². The number of halogens is 3. The Balaban J connectivity index is 2.87. The third-order valence-electron chi connectivity index (χ3n) is 2.10. The molecule has 6 heteroatoms. The van der Waals surface area contributed by atoms with E-state index in [0.29, 0.717) is 5.75 Å². The van der Waals surface area contributed by atoms with Crippen molar-refractivity contribution in [3.8, 4) is 11.8 Å². The zero-order valence-corrected chi connectivity index (χ0v) is 10.6. The summed E-state index contributed by atoms with van der Waals surface area (Å²) in [5, 5.41) is 8.60. The first-order chi connectivity index (χ1) is 8.49. The van der Waals surface area contributed by atoms with Crippen LogP contribution in [0.25, 0.3) is 0 Å². The average molecular weight is 275 g/mol. The van der Waals surface area contributed by atoms with E-state index in [2.05, 4.69) is 0 Å². The summed E-state index contributed by atoms with van der Waals surface area (Å²) in [4.78, 5) is 0. The molecule has 0 aliphatic heterocycles. The Hall–Kier alpha value is -1.35. The molecule has 0 aromatic heterocycles. The van der Waals surface area contributed by atoms with E-state index in [1.165, 1.54) is 12.1 Å². The number of thioether (sulfide) groups is 1. The number of hydrogen-bond acceptors (Lipinski definition) is 3. The Morgan fingerprint density at radius 1 is 1.39 bits per heavy atom. The van der Waals surface area contributed by atoms with E-state index in [4.69, 9.17) is 10.00 Å². The van der Waals surface area contributed by atoms with Crippen molar-refractivity contribution in [2.24, 2.45) is 0 Å². The minimum atomic E-state index is -4.51. The minimum Gasteiger partial charge on any atom is -0.492 e. The van der Waals surface area contributed by atoms with Gasteiger partial charge in [0.05, 0.1) is 23.8 Å². The lowest BCUT2D eigenvalue weighted by atomic mass is 10.1. The summed E-state index contributed by atoms with van der Waals surface area (Å²) in [5.74, 6) is 1.30. The molecular formula is C12H12F3NOS. The van der Waals surface area contributed by atoms with Gasteiger partial charge in [-0.15, -0.1) is 0 Å². The molecule has 1 aromatic carbocycles. The predicted octanol–water partition coefficient (Wildman–Crippen LogP) is 3.71. The highest BCUT2D eigenvalue weighted by Gasteiger charge is 2.34. The standard InChI is InChI=1S/C12H12F3NOS/c1-2-18-6-5-17-11-4-3-9(8-16)7-10(11)12(13,14)15/h3-4,7H,2,5-6H2,1H3. The van der Waals surface area contributed by atoms with Crippen LogP contribution in [0.3, 0.4) is 0 Å². The highest BCUT2D eigenvalue weighted by molar-refractivity contribution is 7.99. The highest BCUT2D eigenvalue weighted by atomic mass is 32.2. The Labute approximate surface area is 108 Å². The van der Waals surface area contributed by atoms with E-state index < -0.39 is 11.7 Å². The number of nitrogens with zero attached hydrogens (tertiary/aromatic N) is 1. The third-order valence-corrected chi connectivity index (χ3v) is 2.97. The maximum atomic E-state index is 12.7. The summed E-state index contributed by atoms with van der Waals surface area (Å²) in [6.07, 6.45) is -4.51. The van der Waals surface area contributed by atoms with Crippen molar-refractivity contribution in [1.29, 1.82) is 5.26 Å². The molecule has 0 atom stereocenters. The molecule has 98 valence electrons. The molecular weight excluding hydrogens is 263 g/mol. The van der Waals surface area contributed by atoms with Gasteiger partial charge in [-0.2, -0.15) is 30.2 Å².